The summed E-state index contributed by atoms with van der Waals surface area (Å²) in [7, 11) is 0. The summed E-state index contributed by atoms with van der Waals surface area (Å²) in [4.78, 5) is 27.9. The van der Waals surface area contributed by atoms with Gasteiger partial charge in [0.25, 0.3) is 5.91 Å². The van der Waals surface area contributed by atoms with Crippen LogP contribution < -0.4 is 10.1 Å². The van der Waals surface area contributed by atoms with Crippen LogP contribution in [0.15, 0.2) is 46.9 Å². The fraction of sp³-hybridized carbons (Fsp3) is 0.417. The second-order valence-electron chi connectivity index (χ2n) is 7.93. The summed E-state index contributed by atoms with van der Waals surface area (Å²) >= 11 is 15.6. The highest BCUT2D eigenvalue weighted by atomic mass is 79.9. The van der Waals surface area contributed by atoms with Crippen molar-refractivity contribution in [1.82, 2.24) is 10.2 Å². The van der Waals surface area contributed by atoms with Gasteiger partial charge in [0.05, 0.1) is 10.0 Å². The molecule has 172 valence electrons. The molecule has 1 aliphatic carbocycles. The van der Waals surface area contributed by atoms with Crippen molar-refractivity contribution in [2.45, 2.75) is 57.7 Å². The van der Waals surface area contributed by atoms with E-state index in [4.69, 9.17) is 27.9 Å². The highest BCUT2D eigenvalue weighted by molar-refractivity contribution is 9.10. The lowest BCUT2D eigenvalue weighted by molar-refractivity contribution is -0.143. The molecule has 2 aromatic carbocycles. The molecule has 0 heterocycles. The molecule has 32 heavy (non-hydrogen) atoms. The van der Waals surface area contributed by atoms with Crippen LogP contribution in [0.2, 0.25) is 10.0 Å². The molecule has 0 aliphatic heterocycles. The first-order valence-electron chi connectivity index (χ1n) is 10.8. The normalized spacial score (nSPS) is 14.8. The number of nitrogens with one attached hydrogen (secondary N) is 1. The lowest BCUT2D eigenvalue weighted by Gasteiger charge is -2.31. The first kappa shape index (κ1) is 24.9. The Bertz CT molecular complexity index is 933. The number of halogens is 3. The van der Waals surface area contributed by atoms with E-state index in [9.17, 15) is 9.59 Å². The van der Waals surface area contributed by atoms with E-state index in [0.717, 1.165) is 35.7 Å². The highest BCUT2D eigenvalue weighted by Gasteiger charge is 2.31. The van der Waals surface area contributed by atoms with Crippen molar-refractivity contribution in [3.63, 3.8) is 0 Å². The molecule has 0 bridgehead atoms. The Kier molecular flexibility index (Phi) is 9.26. The van der Waals surface area contributed by atoms with E-state index in [0.29, 0.717) is 22.2 Å². The molecule has 5 nitrogen and oxygen atoms in total. The third-order valence-corrected chi connectivity index (χ3v) is 6.87. The van der Waals surface area contributed by atoms with E-state index in [2.05, 4.69) is 21.2 Å². The average molecular weight is 542 g/mol. The number of hydrogen-bond donors (Lipinski definition) is 1. The van der Waals surface area contributed by atoms with Crippen molar-refractivity contribution in [2.75, 3.05) is 6.61 Å². The lowest BCUT2D eigenvalue weighted by atomic mass is 10.1. The Morgan fingerprint density at radius 3 is 2.44 bits per heavy atom. The van der Waals surface area contributed by atoms with Crippen molar-refractivity contribution < 1.29 is 14.3 Å². The Balaban J connectivity index is 1.77. The van der Waals surface area contributed by atoms with Crippen LogP contribution in [0.5, 0.6) is 5.75 Å². The number of carbonyl (C=O) groups excluding carboxylic acids is 2. The van der Waals surface area contributed by atoms with Crippen molar-refractivity contribution >= 4 is 50.9 Å². The summed E-state index contributed by atoms with van der Waals surface area (Å²) in [6.45, 7) is 1.97. The molecule has 2 aromatic rings. The van der Waals surface area contributed by atoms with Gasteiger partial charge in [-0.1, -0.05) is 65.0 Å². The minimum Gasteiger partial charge on any atom is -0.484 e. The molecule has 3 rings (SSSR count). The van der Waals surface area contributed by atoms with E-state index >= 15 is 0 Å². The van der Waals surface area contributed by atoms with Gasteiger partial charge in [0.15, 0.2) is 6.61 Å². The van der Waals surface area contributed by atoms with Crippen molar-refractivity contribution in [2.24, 2.45) is 0 Å². The monoisotopic (exact) mass is 540 g/mol. The predicted octanol–water partition coefficient (Wildman–Crippen LogP) is 6.00. The van der Waals surface area contributed by atoms with Crippen LogP contribution in [0.3, 0.4) is 0 Å². The van der Waals surface area contributed by atoms with Crippen LogP contribution in [-0.4, -0.2) is 35.4 Å². The molecule has 1 aliphatic rings. The van der Waals surface area contributed by atoms with E-state index in [-0.39, 0.29) is 31.0 Å². The van der Waals surface area contributed by atoms with Crippen LogP contribution in [0.25, 0.3) is 0 Å². The summed E-state index contributed by atoms with van der Waals surface area (Å²) in [5.41, 5.74) is 0.795. The maximum absolute atomic E-state index is 13.2. The quantitative estimate of drug-likeness (QED) is 0.423. The Labute approximate surface area is 207 Å². The fourth-order valence-electron chi connectivity index (χ4n) is 3.88. The lowest BCUT2D eigenvalue weighted by Crippen LogP contribution is -2.52. The van der Waals surface area contributed by atoms with Gasteiger partial charge in [0, 0.05) is 17.1 Å². The number of benzene rings is 2. The molecule has 0 spiro atoms. The Hall–Kier alpha value is -1.76. The van der Waals surface area contributed by atoms with Gasteiger partial charge in [-0.3, -0.25) is 9.59 Å². The van der Waals surface area contributed by atoms with Gasteiger partial charge in [-0.2, -0.15) is 0 Å². The standard InChI is InChI=1S/C24H27BrCl2N2O3/c1-2-22(24(31)28-18-5-3-4-6-18)29(14-16-7-12-20(26)21(27)13-16)23(30)15-32-19-10-8-17(25)9-11-19/h7-13,18,22H,2-6,14-15H2,1H3,(H,28,31)/t22-/m0/s1. The van der Waals surface area contributed by atoms with Gasteiger partial charge in [-0.15, -0.1) is 0 Å². The third kappa shape index (κ3) is 6.87. The maximum Gasteiger partial charge on any atom is 0.261 e. The summed E-state index contributed by atoms with van der Waals surface area (Å²) in [6, 6.07) is 12.1. The maximum atomic E-state index is 13.2. The largest absolute Gasteiger partial charge is 0.484 e. The molecular weight excluding hydrogens is 515 g/mol. The number of hydrogen-bond acceptors (Lipinski definition) is 3. The van der Waals surface area contributed by atoms with Gasteiger partial charge in [-0.05, 0) is 61.2 Å². The first-order chi connectivity index (χ1) is 15.4. The van der Waals surface area contributed by atoms with E-state index in [1.54, 1.807) is 29.2 Å². The van der Waals surface area contributed by atoms with Gasteiger partial charge >= 0.3 is 0 Å². The molecule has 1 fully saturated rings. The van der Waals surface area contributed by atoms with Crippen LogP contribution in [0.1, 0.15) is 44.6 Å². The van der Waals surface area contributed by atoms with Gasteiger partial charge < -0.3 is 15.0 Å². The van der Waals surface area contributed by atoms with Crippen LogP contribution in [-0.2, 0) is 16.1 Å². The fourth-order valence-corrected chi connectivity index (χ4v) is 4.47. The van der Waals surface area contributed by atoms with E-state index in [1.165, 1.54) is 0 Å². The molecule has 0 saturated heterocycles. The molecule has 1 atom stereocenters. The number of nitrogens with zero attached hydrogens (tertiary/aromatic N) is 1. The second-order valence-corrected chi connectivity index (χ2v) is 9.66. The molecule has 1 N–H and O–H groups in total. The second kappa shape index (κ2) is 11.9. The van der Waals surface area contributed by atoms with Crippen LogP contribution in [0.4, 0.5) is 0 Å². The SMILES string of the molecule is CC[C@@H](C(=O)NC1CCCC1)N(Cc1ccc(Cl)c(Cl)c1)C(=O)COc1ccc(Br)cc1. The van der Waals surface area contributed by atoms with E-state index < -0.39 is 6.04 Å². The average Bonchev–Trinajstić information content (AvgIpc) is 3.28. The Morgan fingerprint density at radius 2 is 1.81 bits per heavy atom. The summed E-state index contributed by atoms with van der Waals surface area (Å²) in [6.07, 6.45) is 4.69. The molecule has 1 saturated carbocycles. The molecule has 0 unspecified atom stereocenters. The predicted molar refractivity (Wildman–Crippen MR) is 131 cm³/mol. The van der Waals surface area contributed by atoms with Gasteiger partial charge in [0.1, 0.15) is 11.8 Å². The molecule has 0 radical (unpaired) electrons. The molecule has 2 amide bonds. The molecule has 8 heteroatoms. The van der Waals surface area contributed by atoms with Crippen LogP contribution >= 0.6 is 39.1 Å². The summed E-state index contributed by atoms with van der Waals surface area (Å²) < 4.78 is 6.62. The summed E-state index contributed by atoms with van der Waals surface area (Å²) in [5.74, 6) is 0.184. The van der Waals surface area contributed by atoms with Gasteiger partial charge in [0.2, 0.25) is 5.91 Å². The van der Waals surface area contributed by atoms with Gasteiger partial charge in [-0.25, -0.2) is 0 Å². The molecule has 0 aromatic heterocycles. The minimum absolute atomic E-state index is 0.128. The highest BCUT2D eigenvalue weighted by Crippen LogP contribution is 2.25. The zero-order chi connectivity index (χ0) is 23.1. The number of rotatable bonds is 9. The Morgan fingerprint density at radius 1 is 1.12 bits per heavy atom. The number of amides is 2. The smallest absolute Gasteiger partial charge is 0.261 e. The minimum atomic E-state index is -0.605. The zero-order valence-corrected chi connectivity index (χ0v) is 21.0. The number of carbonyl (C=O) groups is 2. The zero-order valence-electron chi connectivity index (χ0n) is 18.0. The van der Waals surface area contributed by atoms with Crippen LogP contribution in [0, 0.1) is 0 Å². The van der Waals surface area contributed by atoms with Crippen molar-refractivity contribution in [3.05, 3.63) is 62.5 Å². The van der Waals surface area contributed by atoms with Crippen molar-refractivity contribution in [3.8, 4) is 5.75 Å². The number of ether oxygens (including phenoxy) is 1. The summed E-state index contributed by atoms with van der Waals surface area (Å²) in [5, 5.41) is 3.98. The van der Waals surface area contributed by atoms with E-state index in [1.807, 2.05) is 25.1 Å². The van der Waals surface area contributed by atoms with Crippen molar-refractivity contribution in [1.29, 1.82) is 0 Å². The topological polar surface area (TPSA) is 58.6 Å². The first-order valence-corrected chi connectivity index (χ1v) is 12.3. The molecular formula is C24H27BrCl2N2O3. The third-order valence-electron chi connectivity index (χ3n) is 5.60.